The zero-order valence-corrected chi connectivity index (χ0v) is 18.3. The molecule has 0 aliphatic rings. The van der Waals surface area contributed by atoms with Gasteiger partial charge in [-0.3, -0.25) is 9.52 Å². The number of benzene rings is 2. The fraction of sp³-hybridized carbons (Fsp3) is 0.167. The molecule has 0 fully saturated rings. The van der Waals surface area contributed by atoms with Gasteiger partial charge in [0.15, 0.2) is 0 Å². The molecule has 158 valence electrons. The molecule has 2 aromatic carbocycles. The van der Waals surface area contributed by atoms with Crippen molar-refractivity contribution in [1.29, 1.82) is 0 Å². The largest absolute Gasteiger partial charge is 0.366 e. The Labute approximate surface area is 184 Å². The number of carbonyl (C=O) groups is 1. The lowest BCUT2D eigenvalue weighted by Crippen LogP contribution is -2.29. The first kappa shape index (κ1) is 21.1. The number of amides is 1. The Morgan fingerprint density at radius 1 is 1.06 bits per heavy atom. The minimum Gasteiger partial charge on any atom is -0.366 e. The Morgan fingerprint density at radius 2 is 1.84 bits per heavy atom. The summed E-state index contributed by atoms with van der Waals surface area (Å²) in [4.78, 5) is 16.9. The van der Waals surface area contributed by atoms with E-state index in [0.29, 0.717) is 22.5 Å². The molecule has 7 heteroatoms. The predicted molar refractivity (Wildman–Crippen MR) is 123 cm³/mol. The van der Waals surface area contributed by atoms with Crippen molar-refractivity contribution in [3.05, 3.63) is 78.4 Å². The average Bonchev–Trinajstić information content (AvgIpc) is 3.14. The second-order valence-corrected chi connectivity index (χ2v) is 9.17. The Balaban J connectivity index is 1.68. The van der Waals surface area contributed by atoms with Gasteiger partial charge in [0, 0.05) is 28.4 Å². The highest BCUT2D eigenvalue weighted by Crippen LogP contribution is 2.33. The second kappa shape index (κ2) is 8.17. The van der Waals surface area contributed by atoms with Gasteiger partial charge in [-0.2, -0.15) is 0 Å². The molecule has 0 aliphatic heterocycles. The number of nitrogens with one attached hydrogen (secondary N) is 1. The molecule has 0 aliphatic carbocycles. The molecule has 0 bridgehead atoms. The summed E-state index contributed by atoms with van der Waals surface area (Å²) in [5, 5.41) is 0. The van der Waals surface area contributed by atoms with Crippen LogP contribution in [0.15, 0.2) is 71.9 Å². The van der Waals surface area contributed by atoms with Gasteiger partial charge in [0.1, 0.15) is 11.5 Å². The number of nitrogens with two attached hydrogens (primary N) is 1. The highest BCUT2D eigenvalue weighted by Gasteiger charge is 2.15. The van der Waals surface area contributed by atoms with Crippen LogP contribution in [-0.4, -0.2) is 20.8 Å². The molecule has 5 nitrogen and oxygen atoms in total. The van der Waals surface area contributed by atoms with Crippen LogP contribution in [0.3, 0.4) is 0 Å². The first-order valence-corrected chi connectivity index (χ1v) is 10.6. The first-order valence-electron chi connectivity index (χ1n) is 9.83. The van der Waals surface area contributed by atoms with E-state index >= 15 is 4.39 Å². The van der Waals surface area contributed by atoms with Crippen LogP contribution in [0.2, 0.25) is 0 Å². The number of fused-ring (bicyclic) bond motifs is 1. The molecule has 31 heavy (non-hydrogen) atoms. The lowest BCUT2D eigenvalue weighted by Gasteiger charge is -2.20. The fourth-order valence-corrected chi connectivity index (χ4v) is 4.02. The minimum atomic E-state index is -0.523. The highest BCUT2D eigenvalue weighted by atomic mass is 32.2. The standard InChI is InChI=1S/C24H23FN4OS/c1-24(2,3)28-31-21-7-5-4-6-17(21)15-8-10-18(19(25)12-15)20-14-29-13-16(23(26)30)9-11-22(29)27-20/h4-14,28H,1-3H3,(H2,26,30). The number of aromatic nitrogens is 2. The summed E-state index contributed by atoms with van der Waals surface area (Å²) in [5.74, 6) is -0.884. The maximum absolute atomic E-state index is 15.1. The van der Waals surface area contributed by atoms with Crippen molar-refractivity contribution in [1.82, 2.24) is 14.1 Å². The lowest BCUT2D eigenvalue weighted by molar-refractivity contribution is 0.1000. The van der Waals surface area contributed by atoms with E-state index in [9.17, 15) is 4.79 Å². The third-order valence-electron chi connectivity index (χ3n) is 4.65. The maximum Gasteiger partial charge on any atom is 0.250 e. The van der Waals surface area contributed by atoms with E-state index in [1.807, 2.05) is 30.3 Å². The van der Waals surface area contributed by atoms with E-state index < -0.39 is 5.91 Å². The van der Waals surface area contributed by atoms with Crippen molar-refractivity contribution in [2.75, 3.05) is 0 Å². The molecule has 1 amide bonds. The number of hydrogen-bond donors (Lipinski definition) is 2. The lowest BCUT2D eigenvalue weighted by atomic mass is 10.0. The molecule has 4 rings (SSSR count). The number of halogens is 1. The molecule has 2 aromatic heterocycles. The molecule has 0 radical (unpaired) electrons. The maximum atomic E-state index is 15.1. The van der Waals surface area contributed by atoms with Crippen molar-refractivity contribution >= 4 is 23.5 Å². The summed E-state index contributed by atoms with van der Waals surface area (Å²) in [6.07, 6.45) is 3.28. The smallest absolute Gasteiger partial charge is 0.250 e. The minimum absolute atomic E-state index is 0.0512. The third kappa shape index (κ3) is 4.62. The van der Waals surface area contributed by atoms with Crippen molar-refractivity contribution in [2.24, 2.45) is 5.73 Å². The van der Waals surface area contributed by atoms with Gasteiger partial charge < -0.3 is 10.1 Å². The van der Waals surface area contributed by atoms with E-state index in [1.165, 1.54) is 18.0 Å². The van der Waals surface area contributed by atoms with Gasteiger partial charge in [-0.15, -0.1) is 0 Å². The fourth-order valence-electron chi connectivity index (χ4n) is 3.16. The number of hydrogen-bond acceptors (Lipinski definition) is 4. The van der Waals surface area contributed by atoms with Crippen LogP contribution >= 0.6 is 11.9 Å². The number of rotatable bonds is 5. The third-order valence-corrected chi connectivity index (χ3v) is 5.94. The van der Waals surface area contributed by atoms with Crippen LogP contribution in [-0.2, 0) is 0 Å². The van der Waals surface area contributed by atoms with Gasteiger partial charge >= 0.3 is 0 Å². The summed E-state index contributed by atoms with van der Waals surface area (Å²) < 4.78 is 20.2. The zero-order valence-electron chi connectivity index (χ0n) is 17.5. The van der Waals surface area contributed by atoms with Gasteiger partial charge in [0.25, 0.3) is 0 Å². The van der Waals surface area contributed by atoms with Gasteiger partial charge in [0.2, 0.25) is 5.91 Å². The van der Waals surface area contributed by atoms with E-state index in [4.69, 9.17) is 5.73 Å². The van der Waals surface area contributed by atoms with Gasteiger partial charge in [-0.05, 0) is 74.2 Å². The number of pyridine rings is 1. The van der Waals surface area contributed by atoms with E-state index in [1.54, 1.807) is 35.0 Å². The monoisotopic (exact) mass is 434 g/mol. The SMILES string of the molecule is CC(C)(C)NSc1ccccc1-c1ccc(-c2cn3cc(C(N)=O)ccc3n2)c(F)c1. The molecular weight excluding hydrogens is 411 g/mol. The number of nitrogens with zero attached hydrogens (tertiary/aromatic N) is 2. The van der Waals surface area contributed by atoms with E-state index in [-0.39, 0.29) is 11.4 Å². The molecule has 0 saturated carbocycles. The van der Waals surface area contributed by atoms with Crippen LogP contribution in [0.4, 0.5) is 4.39 Å². The van der Waals surface area contributed by atoms with Crippen molar-refractivity contribution in [2.45, 2.75) is 31.2 Å². The quantitative estimate of drug-likeness (QED) is 0.418. The number of carbonyl (C=O) groups excluding carboxylic acids is 1. The zero-order chi connectivity index (χ0) is 22.2. The molecule has 4 aromatic rings. The Kier molecular flexibility index (Phi) is 5.56. The van der Waals surface area contributed by atoms with Gasteiger partial charge in [-0.25, -0.2) is 9.37 Å². The molecule has 2 heterocycles. The Bertz CT molecular complexity index is 1280. The summed E-state index contributed by atoms with van der Waals surface area (Å²) >= 11 is 1.54. The average molecular weight is 435 g/mol. The molecular formula is C24H23FN4OS. The number of primary amides is 1. The van der Waals surface area contributed by atoms with E-state index in [2.05, 4.69) is 30.5 Å². The Hall–Kier alpha value is -3.16. The van der Waals surface area contributed by atoms with Gasteiger partial charge in [0.05, 0.1) is 11.3 Å². The molecule has 0 atom stereocenters. The van der Waals surface area contributed by atoms with Crippen molar-refractivity contribution in [3.63, 3.8) is 0 Å². The van der Waals surface area contributed by atoms with Crippen LogP contribution in [0, 0.1) is 5.82 Å². The molecule has 0 spiro atoms. The Morgan fingerprint density at radius 3 is 2.55 bits per heavy atom. The van der Waals surface area contributed by atoms with Crippen LogP contribution in [0.1, 0.15) is 31.1 Å². The normalized spacial score (nSPS) is 11.7. The summed E-state index contributed by atoms with van der Waals surface area (Å²) in [6, 6.07) is 16.4. The molecule has 0 saturated heterocycles. The van der Waals surface area contributed by atoms with Crippen LogP contribution in [0.25, 0.3) is 28.0 Å². The van der Waals surface area contributed by atoms with Crippen molar-refractivity contribution in [3.8, 4) is 22.4 Å². The molecule has 0 unspecified atom stereocenters. The second-order valence-electron chi connectivity index (χ2n) is 8.32. The summed E-state index contributed by atoms with van der Waals surface area (Å²) in [5.41, 5.74) is 8.89. The highest BCUT2D eigenvalue weighted by molar-refractivity contribution is 7.97. The first-order chi connectivity index (χ1) is 14.7. The number of imidazole rings is 1. The van der Waals surface area contributed by atoms with Crippen molar-refractivity contribution < 1.29 is 9.18 Å². The predicted octanol–water partition coefficient (Wildman–Crippen LogP) is 5.30. The van der Waals surface area contributed by atoms with E-state index in [0.717, 1.165) is 16.0 Å². The van der Waals surface area contributed by atoms with Crippen LogP contribution in [0.5, 0.6) is 0 Å². The summed E-state index contributed by atoms with van der Waals surface area (Å²) in [7, 11) is 0. The topological polar surface area (TPSA) is 72.4 Å². The molecule has 3 N–H and O–H groups in total. The summed E-state index contributed by atoms with van der Waals surface area (Å²) in [6.45, 7) is 6.29. The van der Waals surface area contributed by atoms with Crippen LogP contribution < -0.4 is 10.5 Å². The van der Waals surface area contributed by atoms with Gasteiger partial charge in [-0.1, -0.05) is 24.3 Å².